The summed E-state index contributed by atoms with van der Waals surface area (Å²) in [6.45, 7) is 6.20. The number of aliphatic hydroxyl groups excluding tert-OH is 1. The third-order valence-electron chi connectivity index (χ3n) is 3.34. The SMILES string of the molecule is CC(O)CN(C(=O)NCc1ccnc(-n2cccn2)c1)C(C)C. The quantitative estimate of drug-likeness (QED) is 0.847. The molecule has 2 aromatic heterocycles. The molecule has 2 rings (SSSR count). The first kappa shape index (κ1) is 17.0. The lowest BCUT2D eigenvalue weighted by atomic mass is 10.2. The second-order valence-electron chi connectivity index (χ2n) is 5.73. The highest BCUT2D eigenvalue weighted by molar-refractivity contribution is 5.74. The van der Waals surface area contributed by atoms with Crippen LogP contribution in [0.2, 0.25) is 0 Å². The first-order chi connectivity index (χ1) is 11.0. The molecule has 124 valence electrons. The van der Waals surface area contributed by atoms with E-state index in [2.05, 4.69) is 15.4 Å². The van der Waals surface area contributed by atoms with Gasteiger partial charge in [0, 0.05) is 37.7 Å². The molecule has 2 amide bonds. The number of carbonyl (C=O) groups excluding carboxylic acids is 1. The second kappa shape index (κ2) is 7.73. The van der Waals surface area contributed by atoms with E-state index in [0.717, 1.165) is 5.56 Å². The Bertz CT molecular complexity index is 625. The number of nitrogens with zero attached hydrogens (tertiary/aromatic N) is 4. The van der Waals surface area contributed by atoms with Gasteiger partial charge in [-0.3, -0.25) is 0 Å². The molecule has 7 heteroatoms. The fraction of sp³-hybridized carbons (Fsp3) is 0.438. The third kappa shape index (κ3) is 4.79. The standard InChI is InChI=1S/C16H23N5O2/c1-12(2)20(11-13(3)22)16(23)18-10-14-5-7-17-15(9-14)21-8-4-6-19-21/h4-9,12-13,22H,10-11H2,1-3H3,(H,18,23). The number of hydrogen-bond acceptors (Lipinski definition) is 4. The van der Waals surface area contributed by atoms with E-state index >= 15 is 0 Å². The van der Waals surface area contributed by atoms with Crippen LogP contribution in [0.15, 0.2) is 36.8 Å². The number of amides is 2. The predicted molar refractivity (Wildman–Crippen MR) is 87.1 cm³/mol. The molecule has 0 aliphatic rings. The van der Waals surface area contributed by atoms with Crippen LogP contribution in [0.3, 0.4) is 0 Å². The lowest BCUT2D eigenvalue weighted by Gasteiger charge is -2.28. The summed E-state index contributed by atoms with van der Waals surface area (Å²) in [5.41, 5.74) is 0.930. The zero-order chi connectivity index (χ0) is 16.8. The maximum Gasteiger partial charge on any atom is 0.317 e. The minimum atomic E-state index is -0.560. The average molecular weight is 317 g/mol. The van der Waals surface area contributed by atoms with Crippen molar-refractivity contribution in [3.8, 4) is 5.82 Å². The molecule has 1 unspecified atom stereocenters. The van der Waals surface area contributed by atoms with Crippen molar-refractivity contribution in [3.63, 3.8) is 0 Å². The van der Waals surface area contributed by atoms with Crippen LogP contribution < -0.4 is 5.32 Å². The summed E-state index contributed by atoms with van der Waals surface area (Å²) < 4.78 is 1.67. The van der Waals surface area contributed by atoms with Crippen LogP contribution in [0.25, 0.3) is 5.82 Å². The van der Waals surface area contributed by atoms with Crippen molar-refractivity contribution in [1.82, 2.24) is 25.0 Å². The van der Waals surface area contributed by atoms with Crippen LogP contribution >= 0.6 is 0 Å². The summed E-state index contributed by atoms with van der Waals surface area (Å²) in [7, 11) is 0. The van der Waals surface area contributed by atoms with E-state index in [0.29, 0.717) is 18.9 Å². The Balaban J connectivity index is 2.00. The molecule has 0 aliphatic carbocycles. The number of aliphatic hydroxyl groups is 1. The van der Waals surface area contributed by atoms with Gasteiger partial charge >= 0.3 is 6.03 Å². The van der Waals surface area contributed by atoms with Crippen LogP contribution in [-0.4, -0.2) is 49.5 Å². The van der Waals surface area contributed by atoms with Crippen molar-refractivity contribution in [1.29, 1.82) is 0 Å². The molecule has 0 aliphatic heterocycles. The van der Waals surface area contributed by atoms with Crippen molar-refractivity contribution in [3.05, 3.63) is 42.4 Å². The second-order valence-corrected chi connectivity index (χ2v) is 5.73. The largest absolute Gasteiger partial charge is 0.392 e. The molecule has 0 saturated heterocycles. The Morgan fingerprint density at radius 3 is 2.78 bits per heavy atom. The normalized spacial score (nSPS) is 12.2. The van der Waals surface area contributed by atoms with Gasteiger partial charge < -0.3 is 15.3 Å². The van der Waals surface area contributed by atoms with Gasteiger partial charge in [-0.1, -0.05) is 0 Å². The van der Waals surface area contributed by atoms with Gasteiger partial charge in [0.2, 0.25) is 0 Å². The van der Waals surface area contributed by atoms with Crippen LogP contribution in [0.5, 0.6) is 0 Å². The van der Waals surface area contributed by atoms with Gasteiger partial charge in [0.1, 0.15) is 0 Å². The van der Waals surface area contributed by atoms with Crippen molar-refractivity contribution in [2.75, 3.05) is 6.54 Å². The molecule has 23 heavy (non-hydrogen) atoms. The Morgan fingerprint density at radius 1 is 1.39 bits per heavy atom. The first-order valence-corrected chi connectivity index (χ1v) is 7.65. The Hall–Kier alpha value is -2.41. The Kier molecular flexibility index (Phi) is 5.70. The summed E-state index contributed by atoms with van der Waals surface area (Å²) in [6, 6.07) is 5.37. The van der Waals surface area contributed by atoms with E-state index in [9.17, 15) is 9.90 Å². The van der Waals surface area contributed by atoms with Gasteiger partial charge in [-0.15, -0.1) is 0 Å². The van der Waals surface area contributed by atoms with E-state index in [-0.39, 0.29) is 12.1 Å². The van der Waals surface area contributed by atoms with Crippen molar-refractivity contribution in [2.24, 2.45) is 0 Å². The number of urea groups is 1. The molecule has 0 radical (unpaired) electrons. The summed E-state index contributed by atoms with van der Waals surface area (Å²) >= 11 is 0. The van der Waals surface area contributed by atoms with E-state index in [4.69, 9.17) is 0 Å². The van der Waals surface area contributed by atoms with E-state index in [1.807, 2.05) is 38.2 Å². The summed E-state index contributed by atoms with van der Waals surface area (Å²) in [6.07, 6.45) is 4.63. The molecule has 0 aromatic carbocycles. The molecule has 0 fully saturated rings. The van der Waals surface area contributed by atoms with Gasteiger partial charge in [0.05, 0.1) is 6.10 Å². The lowest BCUT2D eigenvalue weighted by molar-refractivity contribution is 0.119. The fourth-order valence-electron chi connectivity index (χ4n) is 2.19. The van der Waals surface area contributed by atoms with Crippen molar-refractivity contribution in [2.45, 2.75) is 39.5 Å². The fourth-order valence-corrected chi connectivity index (χ4v) is 2.19. The Morgan fingerprint density at radius 2 is 2.17 bits per heavy atom. The number of rotatable bonds is 6. The van der Waals surface area contributed by atoms with Crippen LogP contribution in [0.1, 0.15) is 26.3 Å². The number of aromatic nitrogens is 3. The van der Waals surface area contributed by atoms with Crippen molar-refractivity contribution < 1.29 is 9.90 Å². The van der Waals surface area contributed by atoms with Gasteiger partial charge in [-0.25, -0.2) is 14.5 Å². The molecular weight excluding hydrogens is 294 g/mol. The third-order valence-corrected chi connectivity index (χ3v) is 3.34. The molecule has 0 bridgehead atoms. The molecule has 0 spiro atoms. The highest BCUT2D eigenvalue weighted by Crippen LogP contribution is 2.07. The van der Waals surface area contributed by atoms with Gasteiger partial charge in [-0.2, -0.15) is 5.10 Å². The average Bonchev–Trinajstić information content (AvgIpc) is 3.04. The summed E-state index contributed by atoms with van der Waals surface area (Å²) in [5, 5.41) is 16.5. The van der Waals surface area contributed by atoms with Crippen LogP contribution in [0, 0.1) is 0 Å². The summed E-state index contributed by atoms with van der Waals surface area (Å²) in [5.74, 6) is 0.700. The minimum absolute atomic E-state index is 0.0154. The highest BCUT2D eigenvalue weighted by Gasteiger charge is 2.18. The van der Waals surface area contributed by atoms with Gasteiger partial charge in [0.15, 0.2) is 5.82 Å². The number of pyridine rings is 1. The molecule has 2 aromatic rings. The van der Waals surface area contributed by atoms with E-state index in [1.165, 1.54) is 0 Å². The van der Waals surface area contributed by atoms with Gasteiger partial charge in [0.25, 0.3) is 0 Å². The lowest BCUT2D eigenvalue weighted by Crippen LogP contribution is -2.46. The van der Waals surface area contributed by atoms with E-state index in [1.54, 1.807) is 28.9 Å². The molecule has 2 N–H and O–H groups in total. The molecular formula is C16H23N5O2. The van der Waals surface area contributed by atoms with Gasteiger partial charge in [-0.05, 0) is 44.5 Å². The smallest absolute Gasteiger partial charge is 0.317 e. The van der Waals surface area contributed by atoms with Crippen molar-refractivity contribution >= 4 is 6.03 Å². The minimum Gasteiger partial charge on any atom is -0.392 e. The molecule has 1 atom stereocenters. The number of nitrogens with one attached hydrogen (secondary N) is 1. The maximum atomic E-state index is 12.3. The Labute approximate surface area is 136 Å². The maximum absolute atomic E-state index is 12.3. The number of hydrogen-bond donors (Lipinski definition) is 2. The first-order valence-electron chi connectivity index (χ1n) is 7.65. The topological polar surface area (TPSA) is 83.3 Å². The van der Waals surface area contributed by atoms with Crippen LogP contribution in [0.4, 0.5) is 4.79 Å². The van der Waals surface area contributed by atoms with E-state index < -0.39 is 6.10 Å². The molecule has 2 heterocycles. The molecule has 7 nitrogen and oxygen atoms in total. The monoisotopic (exact) mass is 317 g/mol. The highest BCUT2D eigenvalue weighted by atomic mass is 16.3. The predicted octanol–water partition coefficient (Wildman–Crippen LogP) is 1.57. The zero-order valence-electron chi connectivity index (χ0n) is 13.7. The molecule has 0 saturated carbocycles. The van der Waals surface area contributed by atoms with Crippen LogP contribution in [-0.2, 0) is 6.54 Å². The summed E-state index contributed by atoms with van der Waals surface area (Å²) in [4.78, 5) is 18.1. The number of carbonyl (C=O) groups is 1. The zero-order valence-corrected chi connectivity index (χ0v) is 13.7.